The fraction of sp³-hybridized carbons (Fsp3) is 0.643. The third kappa shape index (κ3) is 5.68. The van der Waals surface area contributed by atoms with Gasteiger partial charge in [-0.15, -0.1) is 0 Å². The Balaban J connectivity index is 2.25. The Labute approximate surface area is 103 Å². The van der Waals surface area contributed by atoms with Gasteiger partial charge >= 0.3 is 0 Å². The summed E-state index contributed by atoms with van der Waals surface area (Å²) in [6.07, 6.45) is 7.01. The topological polar surface area (TPSA) is 56.2 Å². The van der Waals surface area contributed by atoms with Crippen LogP contribution in [0.15, 0.2) is 22.8 Å². The van der Waals surface area contributed by atoms with Crippen LogP contribution in [0.25, 0.3) is 0 Å². The van der Waals surface area contributed by atoms with Gasteiger partial charge in [-0.2, -0.15) is 0 Å². The monoisotopic (exact) mass is 237 g/mol. The normalized spacial score (nSPS) is 12.6. The van der Waals surface area contributed by atoms with Crippen molar-refractivity contribution >= 4 is 5.78 Å². The maximum Gasteiger partial charge on any atom is 0.140 e. The smallest absolute Gasteiger partial charge is 0.140 e. The summed E-state index contributed by atoms with van der Waals surface area (Å²) in [7, 11) is 0. The van der Waals surface area contributed by atoms with Crippen LogP contribution in [0.3, 0.4) is 0 Å². The van der Waals surface area contributed by atoms with Crippen molar-refractivity contribution in [3.05, 3.63) is 24.2 Å². The van der Waals surface area contributed by atoms with Crippen LogP contribution in [0.5, 0.6) is 0 Å². The first-order valence-corrected chi connectivity index (χ1v) is 6.50. The van der Waals surface area contributed by atoms with Gasteiger partial charge in [-0.3, -0.25) is 4.79 Å². The van der Waals surface area contributed by atoms with E-state index in [-0.39, 0.29) is 5.78 Å². The summed E-state index contributed by atoms with van der Waals surface area (Å²) >= 11 is 0. The van der Waals surface area contributed by atoms with Crippen LogP contribution in [0.1, 0.15) is 44.8 Å². The first-order valence-electron chi connectivity index (χ1n) is 6.50. The summed E-state index contributed by atoms with van der Waals surface area (Å²) in [5, 5.41) is 0. The van der Waals surface area contributed by atoms with Crippen molar-refractivity contribution in [1.29, 1.82) is 0 Å². The Morgan fingerprint density at radius 3 is 2.82 bits per heavy atom. The lowest BCUT2D eigenvalue weighted by atomic mass is 9.93. The van der Waals surface area contributed by atoms with E-state index in [4.69, 9.17) is 10.2 Å². The average Bonchev–Trinajstić information content (AvgIpc) is 2.79. The maximum atomic E-state index is 11.7. The highest BCUT2D eigenvalue weighted by Gasteiger charge is 2.11. The van der Waals surface area contributed by atoms with Gasteiger partial charge in [0.1, 0.15) is 11.5 Å². The highest BCUT2D eigenvalue weighted by atomic mass is 16.3. The van der Waals surface area contributed by atoms with Gasteiger partial charge in [0, 0.05) is 6.42 Å². The quantitative estimate of drug-likeness (QED) is 0.718. The molecule has 96 valence electrons. The van der Waals surface area contributed by atoms with Crippen LogP contribution >= 0.6 is 0 Å². The zero-order valence-electron chi connectivity index (χ0n) is 10.7. The molecule has 0 aliphatic carbocycles. The van der Waals surface area contributed by atoms with Crippen LogP contribution in [0, 0.1) is 5.92 Å². The lowest BCUT2D eigenvalue weighted by Gasteiger charge is -2.13. The van der Waals surface area contributed by atoms with Gasteiger partial charge in [0.15, 0.2) is 0 Å². The number of Topliss-reactive ketones (excluding diaryl/α,β-unsaturated/α-hetero) is 1. The molecule has 0 spiro atoms. The molecule has 0 aliphatic rings. The summed E-state index contributed by atoms with van der Waals surface area (Å²) in [5.41, 5.74) is 5.58. The zero-order chi connectivity index (χ0) is 12.5. The van der Waals surface area contributed by atoms with E-state index in [1.807, 2.05) is 12.1 Å². The molecule has 1 unspecified atom stereocenters. The number of rotatable bonds is 9. The molecule has 0 aromatic carbocycles. The summed E-state index contributed by atoms with van der Waals surface area (Å²) in [6.45, 7) is 2.89. The molecular formula is C14H23NO2. The van der Waals surface area contributed by atoms with Crippen molar-refractivity contribution in [1.82, 2.24) is 0 Å². The zero-order valence-corrected chi connectivity index (χ0v) is 10.7. The highest BCUT2D eigenvalue weighted by molar-refractivity contribution is 5.80. The Morgan fingerprint density at radius 2 is 2.24 bits per heavy atom. The molecule has 0 radical (unpaired) electrons. The van der Waals surface area contributed by atoms with Crippen molar-refractivity contribution in [3.8, 4) is 0 Å². The van der Waals surface area contributed by atoms with E-state index < -0.39 is 0 Å². The second-order valence-electron chi connectivity index (χ2n) is 4.57. The van der Waals surface area contributed by atoms with Crippen molar-refractivity contribution in [3.63, 3.8) is 0 Å². The summed E-state index contributed by atoms with van der Waals surface area (Å²) in [4.78, 5) is 11.7. The first kappa shape index (κ1) is 14.0. The maximum absolute atomic E-state index is 11.7. The molecule has 0 saturated carbocycles. The third-order valence-electron chi connectivity index (χ3n) is 3.05. The van der Waals surface area contributed by atoms with Gasteiger partial charge in [0.2, 0.25) is 0 Å². The Bertz CT molecular complexity index is 300. The standard InChI is InChI=1S/C14H23NO2/c1-2-4-12(8-9-15)6-7-13(16)11-14-5-3-10-17-14/h3,5,10,12H,2,4,6-9,11,15H2,1H3. The van der Waals surface area contributed by atoms with Crippen LogP contribution < -0.4 is 5.73 Å². The van der Waals surface area contributed by atoms with Crippen molar-refractivity contribution < 1.29 is 9.21 Å². The number of carbonyl (C=O) groups excluding carboxylic acids is 1. The minimum Gasteiger partial charge on any atom is -0.469 e. The van der Waals surface area contributed by atoms with E-state index in [2.05, 4.69) is 6.92 Å². The molecule has 0 fully saturated rings. The van der Waals surface area contributed by atoms with Gasteiger partial charge < -0.3 is 10.2 Å². The largest absolute Gasteiger partial charge is 0.469 e. The van der Waals surface area contributed by atoms with Crippen molar-refractivity contribution in [2.45, 2.75) is 45.4 Å². The molecule has 17 heavy (non-hydrogen) atoms. The highest BCUT2D eigenvalue weighted by Crippen LogP contribution is 2.17. The van der Waals surface area contributed by atoms with E-state index in [1.165, 1.54) is 6.42 Å². The van der Waals surface area contributed by atoms with Gasteiger partial charge in [0.25, 0.3) is 0 Å². The minimum absolute atomic E-state index is 0.262. The average molecular weight is 237 g/mol. The molecular weight excluding hydrogens is 214 g/mol. The number of carbonyl (C=O) groups is 1. The minimum atomic E-state index is 0.262. The number of hydrogen-bond acceptors (Lipinski definition) is 3. The third-order valence-corrected chi connectivity index (χ3v) is 3.05. The van der Waals surface area contributed by atoms with E-state index in [1.54, 1.807) is 6.26 Å². The van der Waals surface area contributed by atoms with Gasteiger partial charge in [0.05, 0.1) is 12.7 Å². The van der Waals surface area contributed by atoms with Crippen LogP contribution in [0.2, 0.25) is 0 Å². The van der Waals surface area contributed by atoms with Crippen molar-refractivity contribution in [2.75, 3.05) is 6.54 Å². The summed E-state index contributed by atoms with van der Waals surface area (Å²) < 4.78 is 5.17. The second kappa shape index (κ2) is 8.07. The summed E-state index contributed by atoms with van der Waals surface area (Å²) in [5.74, 6) is 1.63. The molecule has 0 amide bonds. The summed E-state index contributed by atoms with van der Waals surface area (Å²) in [6, 6.07) is 3.66. The Kier molecular flexibility index (Phi) is 6.63. The number of nitrogens with two attached hydrogens (primary N) is 1. The van der Waals surface area contributed by atoms with Gasteiger partial charge in [-0.25, -0.2) is 0 Å². The Morgan fingerprint density at radius 1 is 1.41 bits per heavy atom. The molecule has 1 heterocycles. The lowest BCUT2D eigenvalue weighted by Crippen LogP contribution is -2.11. The predicted molar refractivity (Wildman–Crippen MR) is 68.7 cm³/mol. The number of ketones is 1. The van der Waals surface area contributed by atoms with E-state index in [0.717, 1.165) is 31.6 Å². The second-order valence-corrected chi connectivity index (χ2v) is 4.57. The Hall–Kier alpha value is -1.09. The van der Waals surface area contributed by atoms with Crippen LogP contribution in [-0.4, -0.2) is 12.3 Å². The van der Waals surface area contributed by atoms with E-state index >= 15 is 0 Å². The van der Waals surface area contributed by atoms with Gasteiger partial charge in [-0.1, -0.05) is 19.8 Å². The number of furan rings is 1. The van der Waals surface area contributed by atoms with E-state index in [0.29, 0.717) is 18.8 Å². The lowest BCUT2D eigenvalue weighted by molar-refractivity contribution is -0.119. The molecule has 1 aromatic heterocycles. The number of hydrogen-bond donors (Lipinski definition) is 1. The fourth-order valence-corrected chi connectivity index (χ4v) is 2.14. The fourth-order valence-electron chi connectivity index (χ4n) is 2.14. The molecule has 0 bridgehead atoms. The molecule has 0 saturated heterocycles. The van der Waals surface area contributed by atoms with Crippen LogP contribution in [-0.2, 0) is 11.2 Å². The molecule has 3 nitrogen and oxygen atoms in total. The van der Waals surface area contributed by atoms with Crippen LogP contribution in [0.4, 0.5) is 0 Å². The molecule has 1 rings (SSSR count). The van der Waals surface area contributed by atoms with E-state index in [9.17, 15) is 4.79 Å². The molecule has 3 heteroatoms. The van der Waals surface area contributed by atoms with Crippen molar-refractivity contribution in [2.24, 2.45) is 11.7 Å². The predicted octanol–water partition coefficient (Wildman–Crippen LogP) is 2.94. The molecule has 0 aliphatic heterocycles. The van der Waals surface area contributed by atoms with Gasteiger partial charge in [-0.05, 0) is 37.4 Å². The molecule has 1 atom stereocenters. The molecule has 2 N–H and O–H groups in total. The molecule has 1 aromatic rings. The first-order chi connectivity index (χ1) is 8.26. The SMILES string of the molecule is CCCC(CCN)CCC(=O)Cc1ccco1.